The Morgan fingerprint density at radius 1 is 1.45 bits per heavy atom. The van der Waals surface area contributed by atoms with Gasteiger partial charge < -0.3 is 15.5 Å². The Hall–Kier alpha value is -1.62. The van der Waals surface area contributed by atoms with Crippen LogP contribution in [0.25, 0.3) is 0 Å². The topological polar surface area (TPSA) is 44.9 Å². The third kappa shape index (κ3) is 4.70. The van der Waals surface area contributed by atoms with Crippen LogP contribution in [0.1, 0.15) is 30.9 Å². The van der Waals surface area contributed by atoms with Gasteiger partial charge in [-0.15, -0.1) is 0 Å². The lowest BCUT2D eigenvalue weighted by Crippen LogP contribution is -2.43. The van der Waals surface area contributed by atoms with Crippen molar-refractivity contribution in [2.75, 3.05) is 27.2 Å². The van der Waals surface area contributed by atoms with Gasteiger partial charge in [0.15, 0.2) is 5.96 Å². The molecule has 1 aliphatic heterocycles. The van der Waals surface area contributed by atoms with Gasteiger partial charge in [-0.2, -0.15) is 0 Å². The van der Waals surface area contributed by atoms with Gasteiger partial charge in [0.1, 0.15) is 5.82 Å². The second-order valence-corrected chi connectivity index (χ2v) is 6.53. The molecule has 22 heavy (non-hydrogen) atoms. The lowest BCUT2D eigenvalue weighted by Gasteiger charge is -2.31. The lowest BCUT2D eigenvalue weighted by atomic mass is 10.0. The molecule has 0 amide bonds. The van der Waals surface area contributed by atoms with Crippen molar-refractivity contribution in [2.45, 2.75) is 32.9 Å². The molecule has 122 valence electrons. The number of nitrogens with zero attached hydrogens (tertiary/aromatic N) is 3. The van der Waals surface area contributed by atoms with E-state index in [2.05, 4.69) is 16.8 Å². The van der Waals surface area contributed by atoms with Crippen molar-refractivity contribution >= 4 is 5.96 Å². The Morgan fingerprint density at radius 3 is 2.86 bits per heavy atom. The highest BCUT2D eigenvalue weighted by molar-refractivity contribution is 5.78. The fraction of sp³-hybridized carbons (Fsp3) is 0.588. The summed E-state index contributed by atoms with van der Waals surface area (Å²) in [6, 6.07) is 5.32. The van der Waals surface area contributed by atoms with E-state index < -0.39 is 0 Å². The summed E-state index contributed by atoms with van der Waals surface area (Å²) in [6.07, 6.45) is 2.41. The Bertz CT molecular complexity index is 527. The molecule has 0 saturated carbocycles. The minimum Gasteiger partial charge on any atom is -0.370 e. The summed E-state index contributed by atoms with van der Waals surface area (Å²) in [5.41, 5.74) is 7.63. The molecule has 1 fully saturated rings. The standard InChI is InChI=1S/C17H27FN4/c1-13-5-4-8-22(11-13)17(19)20-10-14-6-7-15(12-21(2)3)16(18)9-14/h6-7,9,13H,4-5,8,10-12H2,1-3H3,(H2,19,20). The largest absolute Gasteiger partial charge is 0.370 e. The van der Waals surface area contributed by atoms with E-state index in [1.165, 1.54) is 6.42 Å². The van der Waals surface area contributed by atoms with Crippen LogP contribution in [0.15, 0.2) is 23.2 Å². The molecule has 1 atom stereocenters. The number of nitrogens with two attached hydrogens (primary N) is 1. The highest BCUT2D eigenvalue weighted by atomic mass is 19.1. The van der Waals surface area contributed by atoms with E-state index in [0.717, 1.165) is 25.1 Å². The first-order valence-corrected chi connectivity index (χ1v) is 7.92. The van der Waals surface area contributed by atoms with Gasteiger partial charge in [-0.3, -0.25) is 0 Å². The molecular formula is C17H27FN4. The van der Waals surface area contributed by atoms with Gasteiger partial charge in [-0.05, 0) is 44.5 Å². The van der Waals surface area contributed by atoms with Gasteiger partial charge in [-0.1, -0.05) is 19.1 Å². The second-order valence-electron chi connectivity index (χ2n) is 6.53. The first-order chi connectivity index (χ1) is 10.5. The van der Waals surface area contributed by atoms with Crippen LogP contribution in [0.3, 0.4) is 0 Å². The zero-order valence-electron chi connectivity index (χ0n) is 13.8. The zero-order valence-corrected chi connectivity index (χ0v) is 13.8. The molecule has 5 heteroatoms. The molecule has 0 spiro atoms. The van der Waals surface area contributed by atoms with Crippen LogP contribution in [0.2, 0.25) is 0 Å². The number of hydrogen-bond acceptors (Lipinski definition) is 2. The lowest BCUT2D eigenvalue weighted by molar-refractivity contribution is 0.270. The molecular weight excluding hydrogens is 279 g/mol. The summed E-state index contributed by atoms with van der Waals surface area (Å²) in [6.45, 7) is 5.19. The Kier molecular flexibility index (Phi) is 5.77. The minimum atomic E-state index is -0.174. The summed E-state index contributed by atoms with van der Waals surface area (Å²) < 4.78 is 14.0. The molecule has 1 unspecified atom stereocenters. The number of piperidine rings is 1. The number of rotatable bonds is 4. The van der Waals surface area contributed by atoms with Gasteiger partial charge in [0.2, 0.25) is 0 Å². The monoisotopic (exact) mass is 306 g/mol. The fourth-order valence-electron chi connectivity index (χ4n) is 2.83. The van der Waals surface area contributed by atoms with E-state index in [1.807, 2.05) is 31.1 Å². The van der Waals surface area contributed by atoms with E-state index in [0.29, 0.717) is 30.5 Å². The van der Waals surface area contributed by atoms with Gasteiger partial charge in [0, 0.05) is 25.2 Å². The number of halogens is 1. The van der Waals surface area contributed by atoms with Crippen LogP contribution in [0.5, 0.6) is 0 Å². The highest BCUT2D eigenvalue weighted by Gasteiger charge is 2.17. The predicted molar refractivity (Wildman–Crippen MR) is 89.1 cm³/mol. The minimum absolute atomic E-state index is 0.174. The Balaban J connectivity index is 1.98. The van der Waals surface area contributed by atoms with E-state index >= 15 is 0 Å². The number of guanidine groups is 1. The third-order valence-corrected chi connectivity index (χ3v) is 4.01. The molecule has 0 aliphatic carbocycles. The van der Waals surface area contributed by atoms with Crippen LogP contribution in [0, 0.1) is 11.7 Å². The summed E-state index contributed by atoms with van der Waals surface area (Å²) in [7, 11) is 3.86. The summed E-state index contributed by atoms with van der Waals surface area (Å²) in [5.74, 6) is 1.06. The highest BCUT2D eigenvalue weighted by Crippen LogP contribution is 2.16. The number of benzene rings is 1. The smallest absolute Gasteiger partial charge is 0.191 e. The third-order valence-electron chi connectivity index (χ3n) is 4.01. The average Bonchev–Trinajstić information content (AvgIpc) is 2.47. The summed E-state index contributed by atoms with van der Waals surface area (Å²) >= 11 is 0. The molecule has 2 N–H and O–H groups in total. The van der Waals surface area contributed by atoms with Crippen LogP contribution in [-0.4, -0.2) is 42.9 Å². The fourth-order valence-corrected chi connectivity index (χ4v) is 2.83. The van der Waals surface area contributed by atoms with E-state index in [-0.39, 0.29) is 5.82 Å². The van der Waals surface area contributed by atoms with E-state index in [1.54, 1.807) is 6.07 Å². The van der Waals surface area contributed by atoms with Crippen LogP contribution < -0.4 is 5.73 Å². The molecule has 1 saturated heterocycles. The van der Waals surface area contributed by atoms with E-state index in [4.69, 9.17) is 5.73 Å². The molecule has 0 radical (unpaired) electrons. The molecule has 1 aliphatic rings. The predicted octanol–water partition coefficient (Wildman–Crippen LogP) is 2.43. The number of aliphatic imine (C=N–C) groups is 1. The molecule has 2 rings (SSSR count). The maximum atomic E-state index is 14.0. The van der Waals surface area contributed by atoms with Gasteiger partial charge >= 0.3 is 0 Å². The Labute approximate surface area is 132 Å². The molecule has 1 aromatic rings. The van der Waals surface area contributed by atoms with Crippen LogP contribution in [-0.2, 0) is 13.1 Å². The zero-order chi connectivity index (χ0) is 16.1. The summed E-state index contributed by atoms with van der Waals surface area (Å²) in [4.78, 5) is 8.51. The van der Waals surface area contributed by atoms with Crippen LogP contribution >= 0.6 is 0 Å². The number of hydrogen-bond donors (Lipinski definition) is 1. The quantitative estimate of drug-likeness (QED) is 0.686. The maximum absolute atomic E-state index is 14.0. The first kappa shape index (κ1) is 16.7. The van der Waals surface area contributed by atoms with Crippen molar-refractivity contribution in [3.05, 3.63) is 35.1 Å². The van der Waals surface area contributed by atoms with Crippen LogP contribution in [0.4, 0.5) is 4.39 Å². The van der Waals surface area contributed by atoms with Crippen molar-refractivity contribution in [1.29, 1.82) is 0 Å². The average molecular weight is 306 g/mol. The van der Waals surface area contributed by atoms with E-state index in [9.17, 15) is 4.39 Å². The summed E-state index contributed by atoms with van der Waals surface area (Å²) in [5, 5.41) is 0. The normalized spacial score (nSPS) is 19.8. The van der Waals surface area contributed by atoms with Gasteiger partial charge in [0.05, 0.1) is 6.54 Å². The van der Waals surface area contributed by atoms with Crippen molar-refractivity contribution in [2.24, 2.45) is 16.6 Å². The first-order valence-electron chi connectivity index (χ1n) is 7.92. The van der Waals surface area contributed by atoms with Crippen molar-refractivity contribution in [3.63, 3.8) is 0 Å². The molecule has 0 bridgehead atoms. The van der Waals surface area contributed by atoms with Crippen molar-refractivity contribution < 1.29 is 4.39 Å². The van der Waals surface area contributed by atoms with Crippen molar-refractivity contribution in [1.82, 2.24) is 9.80 Å². The SMILES string of the molecule is CC1CCCN(C(N)=NCc2ccc(CN(C)C)c(F)c2)C1. The molecule has 4 nitrogen and oxygen atoms in total. The molecule has 1 aromatic carbocycles. The van der Waals surface area contributed by atoms with Gasteiger partial charge in [0.25, 0.3) is 0 Å². The molecule has 1 heterocycles. The second kappa shape index (κ2) is 7.58. The number of likely N-dealkylation sites (tertiary alicyclic amines) is 1. The van der Waals surface area contributed by atoms with Crippen molar-refractivity contribution in [3.8, 4) is 0 Å². The molecule has 0 aromatic heterocycles. The maximum Gasteiger partial charge on any atom is 0.191 e. The van der Waals surface area contributed by atoms with Gasteiger partial charge in [-0.25, -0.2) is 9.38 Å². The Morgan fingerprint density at radius 2 is 2.23 bits per heavy atom.